The van der Waals surface area contributed by atoms with Crippen molar-refractivity contribution in [2.24, 2.45) is 11.6 Å². The molecule has 23 heavy (non-hydrogen) atoms. The van der Waals surface area contributed by atoms with Gasteiger partial charge in [0.2, 0.25) is 5.91 Å². The first-order valence-electron chi connectivity index (χ1n) is 7.05. The predicted molar refractivity (Wildman–Crippen MR) is 94.4 cm³/mol. The average Bonchev–Trinajstić information content (AvgIpc) is 2.52. The van der Waals surface area contributed by atoms with Gasteiger partial charge in [-0.25, -0.2) is 0 Å². The van der Waals surface area contributed by atoms with Crippen LogP contribution in [0.5, 0.6) is 0 Å². The highest BCUT2D eigenvalue weighted by Crippen LogP contribution is 2.33. The Bertz CT molecular complexity index is 673. The number of carbonyl (C=O) groups is 1. The highest BCUT2D eigenvalue weighted by molar-refractivity contribution is 6.36. The average molecular weight is 353 g/mol. The zero-order valence-corrected chi connectivity index (χ0v) is 13.9. The lowest BCUT2D eigenvalue weighted by Crippen LogP contribution is -2.29. The van der Waals surface area contributed by atoms with E-state index in [-0.39, 0.29) is 0 Å². The predicted octanol–water partition coefficient (Wildman–Crippen LogP) is 2.64. The van der Waals surface area contributed by atoms with Gasteiger partial charge < -0.3 is 11.1 Å². The van der Waals surface area contributed by atoms with E-state index in [4.69, 9.17) is 34.8 Å². The second-order valence-corrected chi connectivity index (χ2v) is 5.79. The number of para-hydroxylation sites is 1. The van der Waals surface area contributed by atoms with E-state index < -0.39 is 11.9 Å². The number of nitrogens with one attached hydrogen (secondary N) is 2. The number of benzene rings is 2. The van der Waals surface area contributed by atoms with E-state index in [1.54, 1.807) is 18.2 Å². The number of carbonyl (C=O) groups excluding carboxylic acids is 1. The fourth-order valence-corrected chi connectivity index (χ4v) is 2.93. The highest BCUT2D eigenvalue weighted by Gasteiger charge is 2.23. The number of rotatable bonds is 7. The quantitative estimate of drug-likeness (QED) is 0.455. The monoisotopic (exact) mass is 352 g/mol. The summed E-state index contributed by atoms with van der Waals surface area (Å²) in [7, 11) is 0. The fourth-order valence-electron chi connectivity index (χ4n) is 2.31. The number of hydrogen-bond acceptors (Lipinski definition) is 4. The van der Waals surface area contributed by atoms with Crippen molar-refractivity contribution in [2.45, 2.75) is 12.5 Å². The van der Waals surface area contributed by atoms with Gasteiger partial charge in [-0.2, -0.15) is 0 Å². The Labute approximate surface area is 144 Å². The molecule has 1 atom stereocenters. The lowest BCUT2D eigenvalue weighted by molar-refractivity contribution is -0.118. The summed E-state index contributed by atoms with van der Waals surface area (Å²) < 4.78 is 0. The van der Waals surface area contributed by atoms with Crippen LogP contribution in [0.1, 0.15) is 17.2 Å². The number of amides is 1. The van der Waals surface area contributed by atoms with E-state index in [1.807, 2.05) is 24.3 Å². The Balaban J connectivity index is 2.36. The van der Waals surface area contributed by atoms with Gasteiger partial charge in [-0.05, 0) is 30.2 Å². The second kappa shape index (κ2) is 8.17. The fraction of sp³-hybridized carbons (Fsp3) is 0.188. The molecule has 0 fully saturated rings. The van der Waals surface area contributed by atoms with Gasteiger partial charge in [-0.15, -0.1) is 0 Å². The maximum atomic E-state index is 11.9. The minimum atomic E-state index is -0.830. The van der Waals surface area contributed by atoms with Crippen LogP contribution in [-0.2, 0) is 11.2 Å². The molecular weight excluding hydrogens is 335 g/mol. The minimum absolute atomic E-state index is 0.384. The maximum Gasteiger partial charge on any atom is 0.244 e. The van der Waals surface area contributed by atoms with Crippen molar-refractivity contribution in [1.29, 1.82) is 0 Å². The van der Waals surface area contributed by atoms with Gasteiger partial charge >= 0.3 is 0 Å². The third kappa shape index (κ3) is 4.36. The molecule has 122 valence electrons. The van der Waals surface area contributed by atoms with Crippen molar-refractivity contribution < 1.29 is 4.79 Å². The molecule has 1 amide bonds. The van der Waals surface area contributed by atoms with Crippen LogP contribution in [0.15, 0.2) is 42.5 Å². The van der Waals surface area contributed by atoms with Gasteiger partial charge in [0.1, 0.15) is 6.04 Å². The molecule has 0 aliphatic rings. The van der Waals surface area contributed by atoms with Gasteiger partial charge in [-0.3, -0.25) is 16.1 Å². The van der Waals surface area contributed by atoms with Crippen molar-refractivity contribution in [3.05, 3.63) is 63.6 Å². The molecule has 0 spiro atoms. The largest absolute Gasteiger partial charge is 0.370 e. The van der Waals surface area contributed by atoms with E-state index in [9.17, 15) is 4.79 Å². The van der Waals surface area contributed by atoms with Crippen molar-refractivity contribution in [1.82, 2.24) is 5.43 Å². The molecular formula is C16H18Cl2N4O. The summed E-state index contributed by atoms with van der Waals surface area (Å²) in [5, 5.41) is 3.91. The Morgan fingerprint density at radius 1 is 1.09 bits per heavy atom. The first kappa shape index (κ1) is 17.6. The molecule has 5 nitrogen and oxygen atoms in total. The number of hydrazine groups is 1. The molecule has 1 unspecified atom stereocenters. The molecule has 7 heteroatoms. The van der Waals surface area contributed by atoms with Gasteiger partial charge in [0.05, 0.1) is 0 Å². The zero-order valence-electron chi connectivity index (χ0n) is 12.4. The molecule has 0 radical (unpaired) electrons. The molecule has 0 saturated heterocycles. The van der Waals surface area contributed by atoms with E-state index in [2.05, 4.69) is 10.7 Å². The molecule has 0 aliphatic heterocycles. The number of hydrogen-bond donors (Lipinski definition) is 4. The van der Waals surface area contributed by atoms with Gasteiger partial charge in [-0.1, -0.05) is 47.5 Å². The molecule has 2 aromatic carbocycles. The molecule has 6 N–H and O–H groups in total. The lowest BCUT2D eigenvalue weighted by atomic mass is 10.0. The summed E-state index contributed by atoms with van der Waals surface area (Å²) >= 11 is 12.4. The number of primary amides is 1. The summed E-state index contributed by atoms with van der Waals surface area (Å²) in [6.07, 6.45) is 0.696. The maximum absolute atomic E-state index is 11.9. The smallest absolute Gasteiger partial charge is 0.244 e. The summed E-state index contributed by atoms with van der Waals surface area (Å²) in [6, 6.07) is 11.8. The standard InChI is InChI=1S/C16H18Cl2N4O/c17-11-5-3-6-12(18)14(11)15(16(19)23)22-13-7-2-1-4-10(13)8-9-21-20/h1-7,15,21-22H,8-9,20H2,(H2,19,23). The van der Waals surface area contributed by atoms with Crippen LogP contribution < -0.4 is 22.3 Å². The molecule has 0 aromatic heterocycles. The first-order valence-corrected chi connectivity index (χ1v) is 7.81. The molecule has 0 saturated carbocycles. The third-order valence-electron chi connectivity index (χ3n) is 3.43. The van der Waals surface area contributed by atoms with Crippen LogP contribution >= 0.6 is 23.2 Å². The zero-order chi connectivity index (χ0) is 16.8. The van der Waals surface area contributed by atoms with Crippen molar-refractivity contribution in [2.75, 3.05) is 11.9 Å². The van der Waals surface area contributed by atoms with Crippen LogP contribution in [-0.4, -0.2) is 12.5 Å². The Hall–Kier alpha value is -1.79. The minimum Gasteiger partial charge on any atom is -0.370 e. The van der Waals surface area contributed by atoms with E-state index in [0.29, 0.717) is 28.6 Å². The third-order valence-corrected chi connectivity index (χ3v) is 4.09. The highest BCUT2D eigenvalue weighted by atomic mass is 35.5. The molecule has 2 rings (SSSR count). The lowest BCUT2D eigenvalue weighted by Gasteiger charge is -2.21. The van der Waals surface area contributed by atoms with Crippen LogP contribution in [0.25, 0.3) is 0 Å². The molecule has 0 aliphatic carbocycles. The number of anilines is 1. The first-order chi connectivity index (χ1) is 11.0. The van der Waals surface area contributed by atoms with E-state index in [1.165, 1.54) is 0 Å². The van der Waals surface area contributed by atoms with Crippen LogP contribution in [0.3, 0.4) is 0 Å². The Kier molecular flexibility index (Phi) is 6.24. The van der Waals surface area contributed by atoms with Crippen molar-refractivity contribution >= 4 is 34.8 Å². The van der Waals surface area contributed by atoms with Crippen molar-refractivity contribution in [3.8, 4) is 0 Å². The van der Waals surface area contributed by atoms with Gasteiger partial charge in [0.25, 0.3) is 0 Å². The Morgan fingerprint density at radius 2 is 1.74 bits per heavy atom. The number of nitrogens with two attached hydrogens (primary N) is 2. The summed E-state index contributed by atoms with van der Waals surface area (Å²) in [6.45, 7) is 0.604. The summed E-state index contributed by atoms with van der Waals surface area (Å²) in [5.41, 5.74) is 10.4. The van der Waals surface area contributed by atoms with Gasteiger partial charge in [0.15, 0.2) is 0 Å². The van der Waals surface area contributed by atoms with Crippen molar-refractivity contribution in [3.63, 3.8) is 0 Å². The second-order valence-electron chi connectivity index (χ2n) is 4.98. The van der Waals surface area contributed by atoms with E-state index >= 15 is 0 Å². The molecule has 0 heterocycles. The van der Waals surface area contributed by atoms with Gasteiger partial charge in [0, 0.05) is 27.8 Å². The summed E-state index contributed by atoms with van der Waals surface area (Å²) in [5.74, 6) is 4.76. The summed E-state index contributed by atoms with van der Waals surface area (Å²) in [4.78, 5) is 11.9. The molecule has 0 bridgehead atoms. The van der Waals surface area contributed by atoms with Crippen LogP contribution in [0.4, 0.5) is 5.69 Å². The Morgan fingerprint density at radius 3 is 2.35 bits per heavy atom. The topological polar surface area (TPSA) is 93.2 Å². The van der Waals surface area contributed by atoms with E-state index in [0.717, 1.165) is 11.3 Å². The normalized spacial score (nSPS) is 12.0. The van der Waals surface area contributed by atoms with Crippen LogP contribution in [0.2, 0.25) is 10.0 Å². The van der Waals surface area contributed by atoms with Crippen LogP contribution in [0, 0.1) is 0 Å². The SMILES string of the molecule is NNCCc1ccccc1NC(C(N)=O)c1c(Cl)cccc1Cl. The number of halogens is 2. The molecule has 2 aromatic rings.